The first-order chi connectivity index (χ1) is 11.3. The first-order valence-corrected chi connectivity index (χ1v) is 8.43. The van der Waals surface area contributed by atoms with E-state index in [-0.39, 0.29) is 0 Å². The third-order valence-electron chi connectivity index (χ3n) is 4.83. The Morgan fingerprint density at radius 1 is 1.26 bits per heavy atom. The number of likely N-dealkylation sites (tertiary alicyclic amines) is 1. The number of para-hydroxylation sites is 1. The highest BCUT2D eigenvalue weighted by Crippen LogP contribution is 2.33. The molecule has 120 valence electrons. The van der Waals surface area contributed by atoms with Gasteiger partial charge in [-0.1, -0.05) is 30.3 Å². The van der Waals surface area contributed by atoms with Crippen LogP contribution in [0.5, 0.6) is 0 Å². The molecule has 1 aliphatic rings. The standard InChI is InChI=1S/C18H22N4O/c1-2-17-20-18(23-21-17)12-22-9-7-13(8-10-22)15-11-19-16-6-4-3-5-14(15)16/h3-6,11,13,19H,2,7-10,12H2,1H3. The van der Waals surface area contributed by atoms with E-state index < -0.39 is 0 Å². The summed E-state index contributed by atoms with van der Waals surface area (Å²) >= 11 is 0. The molecule has 0 bridgehead atoms. The van der Waals surface area contributed by atoms with E-state index in [9.17, 15) is 0 Å². The second kappa shape index (κ2) is 6.16. The summed E-state index contributed by atoms with van der Waals surface area (Å²) in [5.41, 5.74) is 2.70. The van der Waals surface area contributed by atoms with Crippen LogP contribution in [0.1, 0.15) is 43.0 Å². The quantitative estimate of drug-likeness (QED) is 0.801. The third kappa shape index (κ3) is 2.88. The third-order valence-corrected chi connectivity index (χ3v) is 4.83. The van der Waals surface area contributed by atoms with Crippen LogP contribution in [0.4, 0.5) is 0 Å². The molecule has 1 aliphatic heterocycles. The molecular weight excluding hydrogens is 288 g/mol. The van der Waals surface area contributed by atoms with Gasteiger partial charge in [-0.25, -0.2) is 0 Å². The number of aryl methyl sites for hydroxylation is 1. The van der Waals surface area contributed by atoms with E-state index in [0.29, 0.717) is 5.92 Å². The molecule has 0 saturated carbocycles. The van der Waals surface area contributed by atoms with E-state index in [0.717, 1.165) is 37.8 Å². The van der Waals surface area contributed by atoms with Gasteiger partial charge in [-0.15, -0.1) is 0 Å². The Balaban J connectivity index is 1.40. The van der Waals surface area contributed by atoms with E-state index in [1.165, 1.54) is 29.3 Å². The number of H-pyrrole nitrogens is 1. The second-order valence-corrected chi connectivity index (χ2v) is 6.30. The van der Waals surface area contributed by atoms with Gasteiger partial charge in [-0.05, 0) is 43.5 Å². The molecule has 5 heteroatoms. The van der Waals surface area contributed by atoms with Gasteiger partial charge in [-0.3, -0.25) is 4.90 Å². The molecule has 1 saturated heterocycles. The number of fused-ring (bicyclic) bond motifs is 1. The van der Waals surface area contributed by atoms with Crippen LogP contribution in [0.15, 0.2) is 35.0 Å². The van der Waals surface area contributed by atoms with Crippen molar-refractivity contribution in [2.45, 2.75) is 38.6 Å². The Hall–Kier alpha value is -2.14. The van der Waals surface area contributed by atoms with Crippen molar-refractivity contribution in [2.24, 2.45) is 0 Å². The van der Waals surface area contributed by atoms with Crippen LogP contribution in [0.25, 0.3) is 10.9 Å². The first-order valence-electron chi connectivity index (χ1n) is 8.43. The number of rotatable bonds is 4. The molecule has 3 heterocycles. The lowest BCUT2D eigenvalue weighted by molar-refractivity contribution is 0.181. The van der Waals surface area contributed by atoms with Crippen LogP contribution in [0.2, 0.25) is 0 Å². The number of aromatic nitrogens is 3. The predicted octanol–water partition coefficient (Wildman–Crippen LogP) is 3.49. The molecule has 0 amide bonds. The molecule has 4 rings (SSSR count). The first kappa shape index (κ1) is 14.5. The van der Waals surface area contributed by atoms with Gasteiger partial charge in [0.25, 0.3) is 0 Å². The summed E-state index contributed by atoms with van der Waals surface area (Å²) in [4.78, 5) is 10.2. The molecule has 2 aromatic heterocycles. The van der Waals surface area contributed by atoms with E-state index >= 15 is 0 Å². The average Bonchev–Trinajstić information content (AvgIpc) is 3.22. The summed E-state index contributed by atoms with van der Waals surface area (Å²) in [6.45, 7) is 4.97. The van der Waals surface area contributed by atoms with Crippen LogP contribution in [0.3, 0.4) is 0 Å². The number of nitrogens with zero attached hydrogens (tertiary/aromatic N) is 3. The number of hydrogen-bond acceptors (Lipinski definition) is 4. The van der Waals surface area contributed by atoms with Crippen molar-refractivity contribution in [1.29, 1.82) is 0 Å². The Bertz CT molecular complexity index is 783. The lowest BCUT2D eigenvalue weighted by atomic mass is 9.89. The predicted molar refractivity (Wildman–Crippen MR) is 89.2 cm³/mol. The second-order valence-electron chi connectivity index (χ2n) is 6.30. The largest absolute Gasteiger partial charge is 0.361 e. The molecule has 0 aliphatic carbocycles. The van der Waals surface area contributed by atoms with Gasteiger partial charge in [-0.2, -0.15) is 4.98 Å². The molecule has 0 radical (unpaired) electrons. The van der Waals surface area contributed by atoms with Crippen molar-refractivity contribution in [3.8, 4) is 0 Å². The number of piperidine rings is 1. The van der Waals surface area contributed by atoms with Crippen molar-refractivity contribution >= 4 is 10.9 Å². The maximum absolute atomic E-state index is 5.31. The van der Waals surface area contributed by atoms with E-state index in [1.807, 2.05) is 6.92 Å². The monoisotopic (exact) mass is 310 g/mol. The highest BCUT2D eigenvalue weighted by atomic mass is 16.5. The zero-order valence-electron chi connectivity index (χ0n) is 13.5. The SMILES string of the molecule is CCc1noc(CN2CCC(c3c[nH]c4ccccc34)CC2)n1. The van der Waals surface area contributed by atoms with Crippen LogP contribution >= 0.6 is 0 Å². The minimum atomic E-state index is 0.635. The summed E-state index contributed by atoms with van der Waals surface area (Å²) in [6.07, 6.45) is 5.37. The van der Waals surface area contributed by atoms with Crippen molar-refractivity contribution < 1.29 is 4.52 Å². The molecule has 1 N–H and O–H groups in total. The van der Waals surface area contributed by atoms with Gasteiger partial charge in [0.15, 0.2) is 5.82 Å². The summed E-state index contributed by atoms with van der Waals surface area (Å²) in [6, 6.07) is 8.57. The maximum Gasteiger partial charge on any atom is 0.240 e. The fourth-order valence-corrected chi connectivity index (χ4v) is 3.52. The summed E-state index contributed by atoms with van der Waals surface area (Å²) in [5, 5.41) is 5.34. The van der Waals surface area contributed by atoms with Crippen molar-refractivity contribution in [3.63, 3.8) is 0 Å². The molecular formula is C18H22N4O. The Morgan fingerprint density at radius 3 is 2.87 bits per heavy atom. The average molecular weight is 310 g/mol. The fraction of sp³-hybridized carbons (Fsp3) is 0.444. The Labute approximate surface area is 135 Å². The summed E-state index contributed by atoms with van der Waals surface area (Å²) < 4.78 is 5.31. The Morgan fingerprint density at radius 2 is 2.09 bits per heavy atom. The molecule has 0 atom stereocenters. The van der Waals surface area contributed by atoms with Crippen molar-refractivity contribution in [1.82, 2.24) is 20.0 Å². The van der Waals surface area contributed by atoms with E-state index in [4.69, 9.17) is 4.52 Å². The van der Waals surface area contributed by atoms with Crippen LogP contribution in [0, 0.1) is 0 Å². The molecule has 3 aromatic rings. The van der Waals surface area contributed by atoms with Gasteiger partial charge in [0.2, 0.25) is 5.89 Å². The number of hydrogen-bond donors (Lipinski definition) is 1. The van der Waals surface area contributed by atoms with Crippen molar-refractivity contribution in [2.75, 3.05) is 13.1 Å². The fourth-order valence-electron chi connectivity index (χ4n) is 3.52. The summed E-state index contributed by atoms with van der Waals surface area (Å²) in [5.74, 6) is 2.18. The van der Waals surface area contributed by atoms with E-state index in [1.54, 1.807) is 0 Å². The minimum absolute atomic E-state index is 0.635. The molecule has 1 aromatic carbocycles. The molecule has 23 heavy (non-hydrogen) atoms. The van der Waals surface area contributed by atoms with Crippen LogP contribution in [-0.4, -0.2) is 33.1 Å². The smallest absolute Gasteiger partial charge is 0.240 e. The Kier molecular flexibility index (Phi) is 3.87. The summed E-state index contributed by atoms with van der Waals surface area (Å²) in [7, 11) is 0. The molecule has 1 fully saturated rings. The number of aromatic amines is 1. The van der Waals surface area contributed by atoms with Crippen LogP contribution in [-0.2, 0) is 13.0 Å². The van der Waals surface area contributed by atoms with Crippen LogP contribution < -0.4 is 0 Å². The minimum Gasteiger partial charge on any atom is -0.361 e. The number of benzene rings is 1. The van der Waals surface area contributed by atoms with Gasteiger partial charge in [0.05, 0.1) is 6.54 Å². The van der Waals surface area contributed by atoms with Gasteiger partial charge in [0.1, 0.15) is 0 Å². The van der Waals surface area contributed by atoms with Crippen molar-refractivity contribution in [3.05, 3.63) is 47.7 Å². The van der Waals surface area contributed by atoms with Gasteiger partial charge >= 0.3 is 0 Å². The van der Waals surface area contributed by atoms with E-state index in [2.05, 4.69) is 50.5 Å². The number of nitrogens with one attached hydrogen (secondary N) is 1. The molecule has 5 nitrogen and oxygen atoms in total. The van der Waals surface area contributed by atoms with Gasteiger partial charge < -0.3 is 9.51 Å². The normalized spacial score (nSPS) is 17.1. The topological polar surface area (TPSA) is 58.0 Å². The van der Waals surface area contributed by atoms with Gasteiger partial charge in [0, 0.05) is 23.5 Å². The lowest BCUT2D eigenvalue weighted by Gasteiger charge is -2.30. The maximum atomic E-state index is 5.31. The molecule has 0 unspecified atom stereocenters. The highest BCUT2D eigenvalue weighted by Gasteiger charge is 2.23. The highest BCUT2D eigenvalue weighted by molar-refractivity contribution is 5.83. The lowest BCUT2D eigenvalue weighted by Crippen LogP contribution is -2.32. The zero-order chi connectivity index (χ0) is 15.6. The molecule has 0 spiro atoms. The zero-order valence-corrected chi connectivity index (χ0v) is 13.5.